The van der Waals surface area contributed by atoms with E-state index in [1.807, 2.05) is 0 Å². The molecule has 0 aromatic heterocycles. The molecule has 27 heavy (non-hydrogen) atoms. The molecular weight excluding hydrogens is 465 g/mol. The third-order valence-electron chi connectivity index (χ3n) is 3.85. The minimum atomic E-state index is -4.09. The van der Waals surface area contributed by atoms with E-state index in [-0.39, 0.29) is 37.6 Å². The number of morpholine rings is 1. The van der Waals surface area contributed by atoms with E-state index in [0.29, 0.717) is 9.50 Å². The Labute approximate surface area is 169 Å². The molecule has 0 spiro atoms. The van der Waals surface area contributed by atoms with Crippen LogP contribution < -0.4 is 4.74 Å². The summed E-state index contributed by atoms with van der Waals surface area (Å²) >= 11 is 9.06. The number of halogens is 3. The van der Waals surface area contributed by atoms with E-state index in [9.17, 15) is 17.6 Å². The molecule has 1 aliphatic heterocycles. The summed E-state index contributed by atoms with van der Waals surface area (Å²) in [5, 5.41) is 0.447. The molecule has 6 nitrogen and oxygen atoms in total. The number of benzene rings is 2. The molecule has 0 unspecified atom stereocenters. The Bertz CT molecular complexity index is 979. The first-order chi connectivity index (χ1) is 12.8. The highest BCUT2D eigenvalue weighted by Crippen LogP contribution is 2.29. The second-order valence-electron chi connectivity index (χ2n) is 5.63. The molecule has 0 N–H and O–H groups in total. The Morgan fingerprint density at radius 1 is 1.19 bits per heavy atom. The fourth-order valence-corrected chi connectivity index (χ4v) is 4.73. The molecule has 1 fully saturated rings. The van der Waals surface area contributed by atoms with E-state index in [1.165, 1.54) is 18.2 Å². The van der Waals surface area contributed by atoms with E-state index in [2.05, 4.69) is 15.9 Å². The highest BCUT2D eigenvalue weighted by atomic mass is 79.9. The molecular formula is C17H14BrClFNO5S. The number of rotatable bonds is 4. The molecule has 0 atom stereocenters. The number of esters is 1. The predicted molar refractivity (Wildman–Crippen MR) is 100 cm³/mol. The van der Waals surface area contributed by atoms with Crippen molar-refractivity contribution in [2.75, 3.05) is 26.3 Å². The van der Waals surface area contributed by atoms with Crippen LogP contribution in [0.4, 0.5) is 4.39 Å². The van der Waals surface area contributed by atoms with Crippen LogP contribution in [0.3, 0.4) is 0 Å². The van der Waals surface area contributed by atoms with Crippen LogP contribution in [0.15, 0.2) is 45.8 Å². The normalized spacial score (nSPS) is 15.5. The average molecular weight is 479 g/mol. The van der Waals surface area contributed by atoms with Gasteiger partial charge in [-0.05, 0) is 52.3 Å². The fraction of sp³-hybridized carbons (Fsp3) is 0.235. The van der Waals surface area contributed by atoms with Gasteiger partial charge in [0.15, 0.2) is 0 Å². The van der Waals surface area contributed by atoms with Crippen molar-refractivity contribution < 1.29 is 27.1 Å². The number of hydrogen-bond acceptors (Lipinski definition) is 5. The molecule has 1 saturated heterocycles. The molecule has 0 saturated carbocycles. The Morgan fingerprint density at radius 3 is 2.56 bits per heavy atom. The van der Waals surface area contributed by atoms with Crippen LogP contribution in [-0.2, 0) is 14.8 Å². The molecule has 0 bridgehead atoms. The van der Waals surface area contributed by atoms with Gasteiger partial charge in [-0.15, -0.1) is 0 Å². The van der Waals surface area contributed by atoms with Gasteiger partial charge in [-0.25, -0.2) is 17.6 Å². The summed E-state index contributed by atoms with van der Waals surface area (Å²) in [7, 11) is -4.09. The van der Waals surface area contributed by atoms with Gasteiger partial charge in [0, 0.05) is 18.1 Å². The molecule has 10 heteroatoms. The minimum Gasteiger partial charge on any atom is -0.422 e. The first kappa shape index (κ1) is 20.2. The van der Waals surface area contributed by atoms with Crippen molar-refractivity contribution in [1.82, 2.24) is 4.31 Å². The molecule has 0 aliphatic carbocycles. The third kappa shape index (κ3) is 4.49. The number of hydrogen-bond donors (Lipinski definition) is 0. The SMILES string of the molecule is O=C(Oc1ccc(Cl)cc1Br)c1ccc(F)c(S(=O)(=O)N2CCOCC2)c1. The Balaban J connectivity index is 1.89. The summed E-state index contributed by atoms with van der Waals surface area (Å²) in [5.41, 5.74) is -0.0925. The van der Waals surface area contributed by atoms with Crippen molar-refractivity contribution in [1.29, 1.82) is 0 Å². The van der Waals surface area contributed by atoms with Crippen LogP contribution in [0.5, 0.6) is 5.75 Å². The summed E-state index contributed by atoms with van der Waals surface area (Å²) in [6.07, 6.45) is 0. The molecule has 1 aliphatic rings. The molecule has 2 aromatic carbocycles. The Kier molecular flexibility index (Phi) is 6.17. The van der Waals surface area contributed by atoms with Crippen molar-refractivity contribution in [2.45, 2.75) is 4.90 Å². The molecule has 3 rings (SSSR count). The predicted octanol–water partition coefficient (Wildman–Crippen LogP) is 3.48. The lowest BCUT2D eigenvalue weighted by molar-refractivity contribution is 0.0726. The Hall–Kier alpha value is -1.52. The number of sulfonamides is 1. The van der Waals surface area contributed by atoms with Gasteiger partial charge in [-0.3, -0.25) is 0 Å². The second-order valence-corrected chi connectivity index (χ2v) is 8.82. The molecule has 0 radical (unpaired) electrons. The van der Waals surface area contributed by atoms with Crippen LogP contribution in [0.2, 0.25) is 5.02 Å². The summed E-state index contributed by atoms with van der Waals surface area (Å²) < 4.78 is 51.5. The number of carbonyl (C=O) groups is 1. The third-order valence-corrected chi connectivity index (χ3v) is 6.62. The van der Waals surface area contributed by atoms with Crippen LogP contribution in [0.25, 0.3) is 0 Å². The summed E-state index contributed by atoms with van der Waals surface area (Å²) in [5.74, 6) is -1.56. The zero-order valence-corrected chi connectivity index (χ0v) is 17.0. The minimum absolute atomic E-state index is 0.0925. The Morgan fingerprint density at radius 2 is 1.89 bits per heavy atom. The topological polar surface area (TPSA) is 72.9 Å². The van der Waals surface area contributed by atoms with Crippen LogP contribution in [0.1, 0.15) is 10.4 Å². The number of nitrogens with zero attached hydrogens (tertiary/aromatic N) is 1. The number of carbonyl (C=O) groups excluding carboxylic acids is 1. The molecule has 144 valence electrons. The molecule has 2 aromatic rings. The van der Waals surface area contributed by atoms with E-state index in [4.69, 9.17) is 21.1 Å². The maximum Gasteiger partial charge on any atom is 0.343 e. The van der Waals surface area contributed by atoms with Gasteiger partial charge in [0.1, 0.15) is 16.5 Å². The van der Waals surface area contributed by atoms with E-state index >= 15 is 0 Å². The van der Waals surface area contributed by atoms with Crippen LogP contribution in [0, 0.1) is 5.82 Å². The van der Waals surface area contributed by atoms with Gasteiger partial charge in [0.25, 0.3) is 0 Å². The summed E-state index contributed by atoms with van der Waals surface area (Å²) in [4.78, 5) is 11.8. The summed E-state index contributed by atoms with van der Waals surface area (Å²) in [6, 6.07) is 7.64. The molecule has 1 heterocycles. The zero-order chi connectivity index (χ0) is 19.6. The summed E-state index contributed by atoms with van der Waals surface area (Å²) in [6.45, 7) is 0.697. The molecule has 0 amide bonds. The second kappa shape index (κ2) is 8.24. The fourth-order valence-electron chi connectivity index (χ4n) is 2.47. The lowest BCUT2D eigenvalue weighted by atomic mass is 10.2. The van der Waals surface area contributed by atoms with Gasteiger partial charge in [0.05, 0.1) is 23.2 Å². The van der Waals surface area contributed by atoms with E-state index in [1.54, 1.807) is 6.07 Å². The zero-order valence-electron chi connectivity index (χ0n) is 13.8. The average Bonchev–Trinajstić information content (AvgIpc) is 2.65. The van der Waals surface area contributed by atoms with Gasteiger partial charge < -0.3 is 9.47 Å². The van der Waals surface area contributed by atoms with Gasteiger partial charge in [0.2, 0.25) is 10.0 Å². The maximum atomic E-state index is 14.2. The monoisotopic (exact) mass is 477 g/mol. The van der Waals surface area contributed by atoms with Crippen molar-refractivity contribution >= 4 is 43.5 Å². The lowest BCUT2D eigenvalue weighted by Gasteiger charge is -2.26. The van der Waals surface area contributed by atoms with Gasteiger partial charge in [-0.1, -0.05) is 11.6 Å². The number of ether oxygens (including phenoxy) is 2. The maximum absolute atomic E-state index is 14.2. The van der Waals surface area contributed by atoms with E-state index < -0.39 is 26.7 Å². The smallest absolute Gasteiger partial charge is 0.343 e. The first-order valence-corrected chi connectivity index (χ1v) is 10.4. The van der Waals surface area contributed by atoms with Crippen molar-refractivity contribution in [2.24, 2.45) is 0 Å². The van der Waals surface area contributed by atoms with Crippen LogP contribution >= 0.6 is 27.5 Å². The van der Waals surface area contributed by atoms with Crippen molar-refractivity contribution in [3.63, 3.8) is 0 Å². The highest BCUT2D eigenvalue weighted by Gasteiger charge is 2.30. The van der Waals surface area contributed by atoms with Gasteiger partial charge in [-0.2, -0.15) is 4.31 Å². The largest absolute Gasteiger partial charge is 0.422 e. The highest BCUT2D eigenvalue weighted by molar-refractivity contribution is 9.10. The lowest BCUT2D eigenvalue weighted by Crippen LogP contribution is -2.41. The van der Waals surface area contributed by atoms with Crippen LogP contribution in [-0.4, -0.2) is 45.0 Å². The van der Waals surface area contributed by atoms with Gasteiger partial charge >= 0.3 is 5.97 Å². The standard InChI is InChI=1S/C17H14BrClFNO5S/c18-13-10-12(19)2-4-15(13)26-17(22)11-1-3-14(20)16(9-11)27(23,24)21-5-7-25-8-6-21/h1-4,9-10H,5-8H2. The first-order valence-electron chi connectivity index (χ1n) is 7.84. The van der Waals surface area contributed by atoms with Crippen molar-refractivity contribution in [3.05, 3.63) is 57.3 Å². The quantitative estimate of drug-likeness (QED) is 0.497. The van der Waals surface area contributed by atoms with E-state index in [0.717, 1.165) is 16.4 Å². The van der Waals surface area contributed by atoms with Crippen molar-refractivity contribution in [3.8, 4) is 5.75 Å².